The number of aromatic nitrogens is 2. The number of ether oxygens (including phenoxy) is 1. The number of rotatable bonds is 2. The second-order valence-electron chi connectivity index (χ2n) is 4.70. The van der Waals surface area contributed by atoms with E-state index in [4.69, 9.17) is 4.74 Å². The summed E-state index contributed by atoms with van der Waals surface area (Å²) < 4.78 is 5.31. The Morgan fingerprint density at radius 3 is 2.39 bits per heavy atom. The van der Waals surface area contributed by atoms with Crippen molar-refractivity contribution in [3.8, 4) is 5.88 Å². The first-order valence-corrected chi connectivity index (χ1v) is 6.95. The van der Waals surface area contributed by atoms with Gasteiger partial charge in [-0.2, -0.15) is 0 Å². The van der Waals surface area contributed by atoms with E-state index < -0.39 is 0 Å². The molecule has 0 radical (unpaired) electrons. The molecule has 3 fully saturated rings. The SMILES string of the molecule is CC.COc1nccnc1C1CN2CCC1CC2. The third kappa shape index (κ3) is 2.48. The van der Waals surface area contributed by atoms with Crippen molar-refractivity contribution in [2.24, 2.45) is 5.92 Å². The smallest absolute Gasteiger partial charge is 0.235 e. The minimum Gasteiger partial charge on any atom is -0.480 e. The number of hydrogen-bond acceptors (Lipinski definition) is 4. The highest BCUT2D eigenvalue weighted by atomic mass is 16.5. The zero-order chi connectivity index (χ0) is 13.0. The molecule has 4 heteroatoms. The van der Waals surface area contributed by atoms with Gasteiger partial charge in [0.15, 0.2) is 0 Å². The lowest BCUT2D eigenvalue weighted by Crippen LogP contribution is -2.46. The van der Waals surface area contributed by atoms with Gasteiger partial charge in [-0.25, -0.2) is 4.98 Å². The van der Waals surface area contributed by atoms with Crippen LogP contribution >= 0.6 is 0 Å². The van der Waals surface area contributed by atoms with Crippen molar-refractivity contribution < 1.29 is 4.74 Å². The molecule has 1 aromatic heterocycles. The number of fused-ring (bicyclic) bond motifs is 3. The van der Waals surface area contributed by atoms with Crippen LogP contribution in [-0.2, 0) is 0 Å². The van der Waals surface area contributed by atoms with E-state index in [1.165, 1.54) is 25.9 Å². The molecule has 4 nitrogen and oxygen atoms in total. The quantitative estimate of drug-likeness (QED) is 0.806. The highest BCUT2D eigenvalue weighted by molar-refractivity contribution is 5.24. The van der Waals surface area contributed by atoms with Crippen molar-refractivity contribution in [3.63, 3.8) is 0 Å². The molecule has 18 heavy (non-hydrogen) atoms. The fourth-order valence-corrected chi connectivity index (χ4v) is 3.02. The summed E-state index contributed by atoms with van der Waals surface area (Å²) >= 11 is 0. The molecular weight excluding hydrogens is 226 g/mol. The third-order valence-electron chi connectivity index (χ3n) is 3.89. The molecule has 4 heterocycles. The first-order chi connectivity index (χ1) is 8.88. The van der Waals surface area contributed by atoms with Crippen molar-refractivity contribution in [2.75, 3.05) is 26.7 Å². The molecule has 0 spiro atoms. The predicted molar refractivity (Wildman–Crippen MR) is 71.8 cm³/mol. The molecule has 0 N–H and O–H groups in total. The van der Waals surface area contributed by atoms with E-state index in [0.29, 0.717) is 11.8 Å². The lowest BCUT2D eigenvalue weighted by atomic mass is 9.77. The summed E-state index contributed by atoms with van der Waals surface area (Å²) in [6.45, 7) is 7.63. The lowest BCUT2D eigenvalue weighted by molar-refractivity contribution is 0.0839. The second kappa shape index (κ2) is 6.14. The molecule has 0 aliphatic carbocycles. The first-order valence-electron chi connectivity index (χ1n) is 6.95. The van der Waals surface area contributed by atoms with Gasteiger partial charge in [-0.15, -0.1) is 0 Å². The lowest BCUT2D eigenvalue weighted by Gasteiger charge is -2.44. The molecule has 4 rings (SSSR count). The Hall–Kier alpha value is -1.16. The molecule has 1 atom stereocenters. The molecular formula is C14H23N3O. The molecule has 0 aromatic carbocycles. The standard InChI is InChI=1S/C12H17N3O.C2H6/c1-16-12-11(13-4-5-14-12)10-8-15-6-2-9(10)3-7-15;1-2/h4-5,9-10H,2-3,6-8H2,1H3;1-2H3. The van der Waals surface area contributed by atoms with E-state index in [2.05, 4.69) is 14.9 Å². The van der Waals surface area contributed by atoms with E-state index in [0.717, 1.165) is 18.2 Å². The van der Waals surface area contributed by atoms with Gasteiger partial charge < -0.3 is 9.64 Å². The number of piperidine rings is 3. The topological polar surface area (TPSA) is 38.3 Å². The number of methoxy groups -OCH3 is 1. The van der Waals surface area contributed by atoms with Crippen molar-refractivity contribution >= 4 is 0 Å². The van der Waals surface area contributed by atoms with Crippen LogP contribution in [0, 0.1) is 5.92 Å². The van der Waals surface area contributed by atoms with Gasteiger partial charge >= 0.3 is 0 Å². The largest absolute Gasteiger partial charge is 0.480 e. The molecule has 1 aromatic rings. The molecule has 3 saturated heterocycles. The maximum absolute atomic E-state index is 5.31. The number of nitrogens with zero attached hydrogens (tertiary/aromatic N) is 3. The fourth-order valence-electron chi connectivity index (χ4n) is 3.02. The fraction of sp³-hybridized carbons (Fsp3) is 0.714. The van der Waals surface area contributed by atoms with Crippen LogP contribution in [0.2, 0.25) is 0 Å². The van der Waals surface area contributed by atoms with Gasteiger partial charge in [-0.1, -0.05) is 13.8 Å². The van der Waals surface area contributed by atoms with E-state index in [1.54, 1.807) is 19.5 Å². The molecule has 3 aliphatic heterocycles. The van der Waals surface area contributed by atoms with E-state index in [1.807, 2.05) is 13.8 Å². The first kappa shape index (κ1) is 13.3. The Balaban J connectivity index is 0.000000574. The van der Waals surface area contributed by atoms with Gasteiger partial charge in [0.05, 0.1) is 7.11 Å². The van der Waals surface area contributed by atoms with Gasteiger partial charge in [0.1, 0.15) is 5.69 Å². The van der Waals surface area contributed by atoms with Gasteiger partial charge in [-0.3, -0.25) is 4.98 Å². The summed E-state index contributed by atoms with van der Waals surface area (Å²) in [7, 11) is 1.68. The van der Waals surface area contributed by atoms with Crippen LogP contribution in [0.25, 0.3) is 0 Å². The number of hydrogen-bond donors (Lipinski definition) is 0. The van der Waals surface area contributed by atoms with Crippen LogP contribution in [0.1, 0.15) is 38.3 Å². The van der Waals surface area contributed by atoms with Crippen molar-refractivity contribution in [1.82, 2.24) is 14.9 Å². The highest BCUT2D eigenvalue weighted by Gasteiger charge is 2.37. The Kier molecular flexibility index (Phi) is 4.53. The molecule has 3 aliphatic rings. The minimum absolute atomic E-state index is 0.520. The summed E-state index contributed by atoms with van der Waals surface area (Å²) in [6.07, 6.45) is 6.06. The monoisotopic (exact) mass is 249 g/mol. The van der Waals surface area contributed by atoms with Gasteiger partial charge in [-0.05, 0) is 31.8 Å². The van der Waals surface area contributed by atoms with Crippen LogP contribution in [0.5, 0.6) is 5.88 Å². The van der Waals surface area contributed by atoms with E-state index in [-0.39, 0.29) is 0 Å². The molecule has 0 saturated carbocycles. The second-order valence-corrected chi connectivity index (χ2v) is 4.70. The van der Waals surface area contributed by atoms with Crippen LogP contribution in [0.4, 0.5) is 0 Å². The van der Waals surface area contributed by atoms with E-state index >= 15 is 0 Å². The van der Waals surface area contributed by atoms with Crippen LogP contribution < -0.4 is 4.74 Å². The zero-order valence-corrected chi connectivity index (χ0v) is 11.6. The minimum atomic E-state index is 0.520. The predicted octanol–water partition coefficient (Wildman–Crippen LogP) is 2.32. The Labute approximate surface area is 109 Å². The Bertz CT molecular complexity index is 375. The summed E-state index contributed by atoms with van der Waals surface area (Å²) in [4.78, 5) is 11.3. The summed E-state index contributed by atoms with van der Waals surface area (Å²) in [5.74, 6) is 2.00. The molecule has 100 valence electrons. The summed E-state index contributed by atoms with van der Waals surface area (Å²) in [5.41, 5.74) is 1.06. The molecule has 1 unspecified atom stereocenters. The van der Waals surface area contributed by atoms with Crippen molar-refractivity contribution in [3.05, 3.63) is 18.1 Å². The van der Waals surface area contributed by atoms with Gasteiger partial charge in [0, 0.05) is 24.9 Å². The van der Waals surface area contributed by atoms with Crippen LogP contribution in [-0.4, -0.2) is 41.6 Å². The summed E-state index contributed by atoms with van der Waals surface area (Å²) in [5, 5.41) is 0. The van der Waals surface area contributed by atoms with E-state index in [9.17, 15) is 0 Å². The summed E-state index contributed by atoms with van der Waals surface area (Å²) in [6, 6.07) is 0. The van der Waals surface area contributed by atoms with Crippen LogP contribution in [0.3, 0.4) is 0 Å². The highest BCUT2D eigenvalue weighted by Crippen LogP contribution is 2.40. The van der Waals surface area contributed by atoms with Gasteiger partial charge in [0.25, 0.3) is 0 Å². The molecule has 0 amide bonds. The maximum Gasteiger partial charge on any atom is 0.235 e. The van der Waals surface area contributed by atoms with Gasteiger partial charge in [0.2, 0.25) is 5.88 Å². The molecule has 2 bridgehead atoms. The normalized spacial score (nSPS) is 29.4. The maximum atomic E-state index is 5.31. The zero-order valence-electron chi connectivity index (χ0n) is 11.6. The third-order valence-corrected chi connectivity index (χ3v) is 3.89. The average Bonchev–Trinajstić information content (AvgIpc) is 2.50. The van der Waals surface area contributed by atoms with Crippen molar-refractivity contribution in [1.29, 1.82) is 0 Å². The Morgan fingerprint density at radius 2 is 1.83 bits per heavy atom. The Morgan fingerprint density at radius 1 is 1.17 bits per heavy atom. The van der Waals surface area contributed by atoms with Crippen molar-refractivity contribution in [2.45, 2.75) is 32.6 Å². The average molecular weight is 249 g/mol. The van der Waals surface area contributed by atoms with Crippen LogP contribution in [0.15, 0.2) is 12.4 Å².